The molecule has 0 atom stereocenters. The molecule has 0 bridgehead atoms. The van der Waals surface area contributed by atoms with Gasteiger partial charge in [0.25, 0.3) is 11.8 Å². The Kier molecular flexibility index (Phi) is 7.57. The predicted molar refractivity (Wildman–Crippen MR) is 133 cm³/mol. The monoisotopic (exact) mass is 476 g/mol. The number of nitrogens with one attached hydrogen (secondary N) is 2. The zero-order valence-corrected chi connectivity index (χ0v) is 19.3. The molecule has 1 aliphatic rings. The van der Waals surface area contributed by atoms with Crippen LogP contribution < -0.4 is 10.6 Å². The Morgan fingerprint density at radius 2 is 1.38 bits per heavy atom. The van der Waals surface area contributed by atoms with Crippen molar-refractivity contribution in [3.63, 3.8) is 0 Å². The van der Waals surface area contributed by atoms with Gasteiger partial charge < -0.3 is 15.5 Å². The third-order valence-corrected chi connectivity index (χ3v) is 5.93. The normalized spacial score (nSPS) is 13.9. The summed E-state index contributed by atoms with van der Waals surface area (Å²) in [6, 6.07) is 22.9. The van der Waals surface area contributed by atoms with Crippen LogP contribution in [0.5, 0.6) is 0 Å². The molecule has 1 aliphatic heterocycles. The summed E-state index contributed by atoms with van der Waals surface area (Å²) in [4.78, 5) is 41.3. The minimum Gasteiger partial charge on any atom is -0.336 e. The summed E-state index contributed by atoms with van der Waals surface area (Å²) >= 11 is 6.09. The number of nitrogens with zero attached hydrogens (tertiary/aromatic N) is 2. The van der Waals surface area contributed by atoms with E-state index in [0.717, 1.165) is 0 Å². The summed E-state index contributed by atoms with van der Waals surface area (Å²) in [7, 11) is 0. The van der Waals surface area contributed by atoms with Crippen LogP contribution in [0.3, 0.4) is 0 Å². The first kappa shape index (κ1) is 23.5. The zero-order valence-electron chi connectivity index (χ0n) is 18.5. The first-order valence-electron chi connectivity index (χ1n) is 11.0. The summed E-state index contributed by atoms with van der Waals surface area (Å²) in [6.45, 7) is 2.51. The van der Waals surface area contributed by atoms with Crippen LogP contribution in [0.2, 0.25) is 5.02 Å². The molecular formula is C26H25ClN4O3. The number of carbonyl (C=O) groups is 3. The minimum atomic E-state index is -0.200. The topological polar surface area (TPSA) is 81.8 Å². The van der Waals surface area contributed by atoms with Crippen LogP contribution >= 0.6 is 11.6 Å². The molecule has 34 heavy (non-hydrogen) atoms. The number of hydrogen-bond donors (Lipinski definition) is 2. The molecule has 2 N–H and O–H groups in total. The van der Waals surface area contributed by atoms with E-state index in [0.29, 0.717) is 53.7 Å². The van der Waals surface area contributed by atoms with Gasteiger partial charge in [-0.15, -0.1) is 0 Å². The van der Waals surface area contributed by atoms with Crippen molar-refractivity contribution in [2.45, 2.75) is 0 Å². The van der Waals surface area contributed by atoms with Crippen molar-refractivity contribution in [3.05, 3.63) is 95.0 Å². The lowest BCUT2D eigenvalue weighted by Gasteiger charge is -2.34. The van der Waals surface area contributed by atoms with Crippen molar-refractivity contribution >= 4 is 40.7 Å². The molecule has 0 aliphatic carbocycles. The Labute approximate surface area is 203 Å². The second-order valence-electron chi connectivity index (χ2n) is 7.99. The highest BCUT2D eigenvalue weighted by Gasteiger charge is 2.23. The van der Waals surface area contributed by atoms with Gasteiger partial charge in [0.1, 0.15) is 0 Å². The van der Waals surface area contributed by atoms with Crippen LogP contribution in [0.4, 0.5) is 11.4 Å². The number of hydrogen-bond acceptors (Lipinski definition) is 4. The average Bonchev–Trinajstić information content (AvgIpc) is 2.86. The maximum atomic E-state index is 12.9. The second-order valence-corrected chi connectivity index (χ2v) is 8.40. The lowest BCUT2D eigenvalue weighted by atomic mass is 10.1. The second kappa shape index (κ2) is 11.0. The SMILES string of the molecule is O=C(CN1CCN(C(=O)c2ccc(NC(=O)c3ccccc3)cc2)CC1)Nc1ccccc1Cl. The number of rotatable bonds is 6. The molecule has 7 nitrogen and oxygen atoms in total. The van der Waals surface area contributed by atoms with Gasteiger partial charge in [-0.2, -0.15) is 0 Å². The average molecular weight is 477 g/mol. The van der Waals surface area contributed by atoms with E-state index in [4.69, 9.17) is 11.6 Å². The van der Waals surface area contributed by atoms with Gasteiger partial charge in [-0.1, -0.05) is 41.9 Å². The fourth-order valence-electron chi connectivity index (χ4n) is 3.74. The van der Waals surface area contributed by atoms with Gasteiger partial charge in [0.2, 0.25) is 5.91 Å². The fourth-order valence-corrected chi connectivity index (χ4v) is 3.92. The first-order valence-corrected chi connectivity index (χ1v) is 11.4. The van der Waals surface area contributed by atoms with Gasteiger partial charge in [-0.05, 0) is 48.5 Å². The minimum absolute atomic E-state index is 0.0684. The molecule has 3 aromatic rings. The van der Waals surface area contributed by atoms with Gasteiger partial charge in [0.05, 0.1) is 17.3 Å². The van der Waals surface area contributed by atoms with Gasteiger partial charge in [0, 0.05) is 43.0 Å². The number of amides is 3. The quantitative estimate of drug-likeness (QED) is 0.563. The maximum absolute atomic E-state index is 12.9. The highest BCUT2D eigenvalue weighted by atomic mass is 35.5. The van der Waals surface area contributed by atoms with Crippen molar-refractivity contribution in [1.82, 2.24) is 9.80 Å². The smallest absolute Gasteiger partial charge is 0.255 e. The van der Waals surface area contributed by atoms with Crippen LogP contribution in [0.25, 0.3) is 0 Å². The molecule has 8 heteroatoms. The number of piperazine rings is 1. The maximum Gasteiger partial charge on any atom is 0.255 e. The van der Waals surface area contributed by atoms with Crippen molar-refractivity contribution in [1.29, 1.82) is 0 Å². The Morgan fingerprint density at radius 3 is 2.06 bits per heavy atom. The molecule has 3 aromatic carbocycles. The van der Waals surface area contributed by atoms with Crippen LogP contribution in [-0.2, 0) is 4.79 Å². The van der Waals surface area contributed by atoms with E-state index < -0.39 is 0 Å². The van der Waals surface area contributed by atoms with Crippen molar-refractivity contribution < 1.29 is 14.4 Å². The molecule has 0 aromatic heterocycles. The molecule has 1 saturated heterocycles. The molecule has 0 radical (unpaired) electrons. The van der Waals surface area contributed by atoms with Gasteiger partial charge in [-0.3, -0.25) is 19.3 Å². The molecular weight excluding hydrogens is 452 g/mol. The van der Waals surface area contributed by atoms with Crippen molar-refractivity contribution in [2.75, 3.05) is 43.4 Å². The summed E-state index contributed by atoms with van der Waals surface area (Å²) in [5, 5.41) is 6.15. The van der Waals surface area contributed by atoms with Crippen LogP contribution in [-0.4, -0.2) is 60.2 Å². The molecule has 1 heterocycles. The Morgan fingerprint density at radius 1 is 0.735 bits per heavy atom. The number of carbonyl (C=O) groups excluding carboxylic acids is 3. The van der Waals surface area contributed by atoms with Gasteiger partial charge >= 0.3 is 0 Å². The van der Waals surface area contributed by atoms with E-state index in [-0.39, 0.29) is 24.3 Å². The molecule has 174 valence electrons. The highest BCUT2D eigenvalue weighted by molar-refractivity contribution is 6.33. The lowest BCUT2D eigenvalue weighted by Crippen LogP contribution is -2.50. The largest absolute Gasteiger partial charge is 0.336 e. The van der Waals surface area contributed by atoms with E-state index in [1.165, 1.54) is 0 Å². The summed E-state index contributed by atoms with van der Waals surface area (Å²) in [6.07, 6.45) is 0. The molecule has 1 fully saturated rings. The fraction of sp³-hybridized carbons (Fsp3) is 0.192. The lowest BCUT2D eigenvalue weighted by molar-refractivity contribution is -0.117. The Hall–Kier alpha value is -3.68. The zero-order chi connectivity index (χ0) is 23.9. The summed E-state index contributed by atoms with van der Waals surface area (Å²) in [5.41, 5.74) is 2.34. The molecule has 4 rings (SSSR count). The van der Waals surface area contributed by atoms with Gasteiger partial charge in [0.15, 0.2) is 0 Å². The number of benzene rings is 3. The molecule has 3 amide bonds. The number of para-hydroxylation sites is 1. The first-order chi connectivity index (χ1) is 16.5. The van der Waals surface area contributed by atoms with Crippen LogP contribution in [0.15, 0.2) is 78.9 Å². The van der Waals surface area contributed by atoms with Gasteiger partial charge in [-0.25, -0.2) is 0 Å². The van der Waals surface area contributed by atoms with Crippen molar-refractivity contribution in [3.8, 4) is 0 Å². The predicted octanol–water partition coefficient (Wildman–Crippen LogP) is 3.99. The highest BCUT2D eigenvalue weighted by Crippen LogP contribution is 2.20. The van der Waals surface area contributed by atoms with E-state index in [9.17, 15) is 14.4 Å². The van der Waals surface area contributed by atoms with Crippen LogP contribution in [0, 0.1) is 0 Å². The Balaban J connectivity index is 1.25. The number of halogens is 1. The molecule has 0 unspecified atom stereocenters. The van der Waals surface area contributed by atoms with E-state index in [2.05, 4.69) is 10.6 Å². The Bertz CT molecular complexity index is 1160. The van der Waals surface area contributed by atoms with E-state index in [1.54, 1.807) is 53.4 Å². The van der Waals surface area contributed by atoms with E-state index >= 15 is 0 Å². The summed E-state index contributed by atoms with van der Waals surface area (Å²) < 4.78 is 0. The van der Waals surface area contributed by atoms with E-state index in [1.807, 2.05) is 35.2 Å². The molecule has 0 spiro atoms. The molecule has 0 saturated carbocycles. The van der Waals surface area contributed by atoms with Crippen molar-refractivity contribution in [2.24, 2.45) is 0 Å². The van der Waals surface area contributed by atoms with Crippen LogP contribution in [0.1, 0.15) is 20.7 Å². The number of anilines is 2. The summed E-state index contributed by atoms with van der Waals surface area (Å²) in [5.74, 6) is -0.406. The third-order valence-electron chi connectivity index (χ3n) is 5.60. The third kappa shape index (κ3) is 6.01. The standard InChI is InChI=1S/C26H25ClN4O3/c27-22-8-4-5-9-23(22)29-24(32)18-30-14-16-31(17-15-30)26(34)20-10-12-21(13-11-20)28-25(33)19-6-2-1-3-7-19/h1-13H,14-18H2,(H,28,33)(H,29,32).